The standard InChI is InChI=1S/C11H9BrO2/c1-7-4-8(6-12)5-9-10(13)2-3-14-11(7)9/h2-5H,6H2,1H3. The molecule has 2 nitrogen and oxygen atoms in total. The summed E-state index contributed by atoms with van der Waals surface area (Å²) in [4.78, 5) is 11.5. The van der Waals surface area contributed by atoms with Crippen LogP contribution in [0, 0.1) is 6.92 Å². The van der Waals surface area contributed by atoms with Crippen LogP contribution in [0.2, 0.25) is 0 Å². The van der Waals surface area contributed by atoms with E-state index in [0.717, 1.165) is 16.5 Å². The number of rotatable bonds is 1. The highest BCUT2D eigenvalue weighted by molar-refractivity contribution is 9.08. The Morgan fingerprint density at radius 1 is 1.43 bits per heavy atom. The van der Waals surface area contributed by atoms with Crippen molar-refractivity contribution in [2.75, 3.05) is 0 Å². The van der Waals surface area contributed by atoms with E-state index in [0.29, 0.717) is 11.0 Å². The smallest absolute Gasteiger partial charge is 0.192 e. The van der Waals surface area contributed by atoms with Gasteiger partial charge in [-0.25, -0.2) is 0 Å². The van der Waals surface area contributed by atoms with Crippen molar-refractivity contribution in [3.63, 3.8) is 0 Å². The van der Waals surface area contributed by atoms with Crippen LogP contribution in [-0.4, -0.2) is 0 Å². The molecule has 0 saturated heterocycles. The number of alkyl halides is 1. The lowest BCUT2D eigenvalue weighted by atomic mass is 10.1. The molecule has 2 rings (SSSR count). The number of halogens is 1. The predicted molar refractivity (Wildman–Crippen MR) is 59.9 cm³/mol. The molecule has 0 atom stereocenters. The average Bonchev–Trinajstić information content (AvgIpc) is 2.19. The molecule has 3 heteroatoms. The van der Waals surface area contributed by atoms with Gasteiger partial charge >= 0.3 is 0 Å². The van der Waals surface area contributed by atoms with Crippen molar-refractivity contribution < 1.29 is 4.42 Å². The fraction of sp³-hybridized carbons (Fsp3) is 0.182. The van der Waals surface area contributed by atoms with E-state index in [1.807, 2.05) is 19.1 Å². The Kier molecular flexibility index (Phi) is 2.42. The van der Waals surface area contributed by atoms with E-state index in [1.54, 1.807) is 0 Å². The number of hydrogen-bond acceptors (Lipinski definition) is 2. The van der Waals surface area contributed by atoms with Crippen LogP contribution < -0.4 is 5.43 Å². The Morgan fingerprint density at radius 3 is 2.93 bits per heavy atom. The van der Waals surface area contributed by atoms with Gasteiger partial charge in [0, 0.05) is 11.4 Å². The van der Waals surface area contributed by atoms with Gasteiger partial charge in [0.1, 0.15) is 5.58 Å². The van der Waals surface area contributed by atoms with E-state index in [2.05, 4.69) is 15.9 Å². The van der Waals surface area contributed by atoms with Gasteiger partial charge in [-0.05, 0) is 24.1 Å². The molecular weight excluding hydrogens is 244 g/mol. The minimum atomic E-state index is 0.0113. The first-order valence-electron chi connectivity index (χ1n) is 4.29. The molecule has 14 heavy (non-hydrogen) atoms. The van der Waals surface area contributed by atoms with Crippen LogP contribution >= 0.6 is 15.9 Å². The molecule has 0 spiro atoms. The summed E-state index contributed by atoms with van der Waals surface area (Å²) < 4.78 is 5.31. The molecule has 0 aliphatic carbocycles. The predicted octanol–water partition coefficient (Wildman–Crippen LogP) is 3.00. The fourth-order valence-corrected chi connectivity index (χ4v) is 1.84. The summed E-state index contributed by atoms with van der Waals surface area (Å²) in [5.74, 6) is 0. The first kappa shape index (κ1) is 9.46. The molecule has 72 valence electrons. The molecule has 0 radical (unpaired) electrons. The highest BCUT2D eigenvalue weighted by Gasteiger charge is 2.04. The maximum atomic E-state index is 11.5. The normalized spacial score (nSPS) is 10.7. The minimum Gasteiger partial charge on any atom is -0.464 e. The summed E-state index contributed by atoms with van der Waals surface area (Å²) in [7, 11) is 0. The summed E-state index contributed by atoms with van der Waals surface area (Å²) in [6.45, 7) is 1.94. The molecule has 2 aromatic rings. The van der Waals surface area contributed by atoms with E-state index in [9.17, 15) is 4.79 Å². The van der Waals surface area contributed by atoms with Gasteiger partial charge < -0.3 is 4.42 Å². The summed E-state index contributed by atoms with van der Waals surface area (Å²) in [6, 6.07) is 5.32. The number of hydrogen-bond donors (Lipinski definition) is 0. The summed E-state index contributed by atoms with van der Waals surface area (Å²) in [5.41, 5.74) is 2.78. The van der Waals surface area contributed by atoms with Gasteiger partial charge in [-0.3, -0.25) is 4.79 Å². The van der Waals surface area contributed by atoms with E-state index in [-0.39, 0.29) is 5.43 Å². The van der Waals surface area contributed by atoms with Gasteiger partial charge in [0.05, 0.1) is 11.6 Å². The van der Waals surface area contributed by atoms with Gasteiger partial charge in [0.2, 0.25) is 0 Å². The van der Waals surface area contributed by atoms with Crippen molar-refractivity contribution in [1.29, 1.82) is 0 Å². The Morgan fingerprint density at radius 2 is 2.21 bits per heavy atom. The lowest BCUT2D eigenvalue weighted by Crippen LogP contribution is -1.99. The molecule has 1 aromatic carbocycles. The summed E-state index contributed by atoms with van der Waals surface area (Å²) in [6.07, 6.45) is 1.44. The van der Waals surface area contributed by atoms with Gasteiger partial charge in [-0.1, -0.05) is 22.0 Å². The molecule has 0 amide bonds. The first-order valence-corrected chi connectivity index (χ1v) is 5.41. The Bertz CT molecular complexity index is 528. The second-order valence-corrected chi connectivity index (χ2v) is 3.77. The zero-order valence-corrected chi connectivity index (χ0v) is 9.30. The van der Waals surface area contributed by atoms with Gasteiger partial charge in [0.15, 0.2) is 5.43 Å². The molecule has 0 aliphatic rings. The van der Waals surface area contributed by atoms with Crippen molar-refractivity contribution in [2.45, 2.75) is 12.3 Å². The fourth-order valence-electron chi connectivity index (χ4n) is 1.52. The number of aryl methyl sites for hydroxylation is 1. The van der Waals surface area contributed by atoms with Crippen molar-refractivity contribution in [3.8, 4) is 0 Å². The second kappa shape index (κ2) is 3.58. The number of benzene rings is 1. The lowest BCUT2D eigenvalue weighted by Gasteiger charge is -2.02. The van der Waals surface area contributed by atoms with Crippen molar-refractivity contribution in [2.24, 2.45) is 0 Å². The van der Waals surface area contributed by atoms with E-state index < -0.39 is 0 Å². The van der Waals surface area contributed by atoms with E-state index in [1.165, 1.54) is 12.3 Å². The Balaban J connectivity index is 2.91. The lowest BCUT2D eigenvalue weighted by molar-refractivity contribution is 0.600. The molecule has 0 unspecified atom stereocenters. The van der Waals surface area contributed by atoms with E-state index >= 15 is 0 Å². The molecule has 1 aromatic heterocycles. The van der Waals surface area contributed by atoms with Crippen molar-refractivity contribution in [1.82, 2.24) is 0 Å². The quantitative estimate of drug-likeness (QED) is 0.731. The van der Waals surface area contributed by atoms with Crippen LogP contribution in [0.4, 0.5) is 0 Å². The highest BCUT2D eigenvalue weighted by atomic mass is 79.9. The van der Waals surface area contributed by atoms with E-state index in [4.69, 9.17) is 4.42 Å². The largest absolute Gasteiger partial charge is 0.464 e. The van der Waals surface area contributed by atoms with Gasteiger partial charge in [-0.2, -0.15) is 0 Å². The van der Waals surface area contributed by atoms with Crippen LogP contribution in [0.5, 0.6) is 0 Å². The van der Waals surface area contributed by atoms with Crippen molar-refractivity contribution in [3.05, 3.63) is 45.8 Å². The number of fused-ring (bicyclic) bond motifs is 1. The molecule has 0 fully saturated rings. The third-order valence-corrected chi connectivity index (χ3v) is 2.81. The maximum Gasteiger partial charge on any atom is 0.192 e. The Hall–Kier alpha value is -1.09. The zero-order valence-electron chi connectivity index (χ0n) is 7.71. The molecule has 0 N–H and O–H groups in total. The van der Waals surface area contributed by atoms with Crippen LogP contribution in [0.1, 0.15) is 11.1 Å². The highest BCUT2D eigenvalue weighted by Crippen LogP contribution is 2.19. The third-order valence-electron chi connectivity index (χ3n) is 2.16. The van der Waals surface area contributed by atoms with Crippen LogP contribution in [0.15, 0.2) is 33.7 Å². The third kappa shape index (κ3) is 1.48. The van der Waals surface area contributed by atoms with Crippen molar-refractivity contribution >= 4 is 26.9 Å². The van der Waals surface area contributed by atoms with Gasteiger partial charge in [-0.15, -0.1) is 0 Å². The molecule has 1 heterocycles. The minimum absolute atomic E-state index is 0.0113. The monoisotopic (exact) mass is 252 g/mol. The van der Waals surface area contributed by atoms with Crippen LogP contribution in [-0.2, 0) is 5.33 Å². The topological polar surface area (TPSA) is 30.2 Å². The maximum absolute atomic E-state index is 11.5. The zero-order chi connectivity index (χ0) is 10.1. The van der Waals surface area contributed by atoms with Crippen LogP contribution in [0.25, 0.3) is 11.0 Å². The first-order chi connectivity index (χ1) is 6.72. The molecule has 0 saturated carbocycles. The SMILES string of the molecule is Cc1cc(CBr)cc2c(=O)ccoc12. The average molecular weight is 253 g/mol. The van der Waals surface area contributed by atoms with Crippen LogP contribution in [0.3, 0.4) is 0 Å². The second-order valence-electron chi connectivity index (χ2n) is 3.21. The molecular formula is C11H9BrO2. The summed E-state index contributed by atoms with van der Waals surface area (Å²) in [5, 5.41) is 1.40. The van der Waals surface area contributed by atoms with Gasteiger partial charge in [0.25, 0.3) is 0 Å². The molecule has 0 aliphatic heterocycles. The Labute approximate surface area is 89.7 Å². The molecule has 0 bridgehead atoms. The summed E-state index contributed by atoms with van der Waals surface area (Å²) >= 11 is 3.37.